The number of aliphatic hydroxyl groups is 1. The van der Waals surface area contributed by atoms with Gasteiger partial charge in [-0.2, -0.15) is 0 Å². The third kappa shape index (κ3) is 4.51. The van der Waals surface area contributed by atoms with Crippen LogP contribution in [0, 0.1) is 0 Å². The number of anilines is 1. The summed E-state index contributed by atoms with van der Waals surface area (Å²) in [5.74, 6) is 1.46. The van der Waals surface area contributed by atoms with Crippen LogP contribution in [0.1, 0.15) is 17.7 Å². The molecule has 0 aliphatic carbocycles. The number of aromatic nitrogens is 2. The number of amides is 1. The Kier molecular flexibility index (Phi) is 6.37. The van der Waals surface area contributed by atoms with Crippen molar-refractivity contribution < 1.29 is 14.6 Å². The number of nitrogens with two attached hydrogens (primary N) is 1. The van der Waals surface area contributed by atoms with Crippen LogP contribution >= 0.6 is 0 Å². The SMILES string of the molecule is NCC(=O)N1CC=C(c2cc(N3CCOCC3)nc(-c3cccc(CO)c3)n2)CC1. The molecule has 3 heterocycles. The Hall–Kier alpha value is -2.81. The van der Waals surface area contributed by atoms with E-state index in [4.69, 9.17) is 20.4 Å². The van der Waals surface area contributed by atoms with E-state index >= 15 is 0 Å². The Labute approximate surface area is 176 Å². The van der Waals surface area contributed by atoms with Crippen LogP contribution in [0.25, 0.3) is 17.0 Å². The molecule has 158 valence electrons. The van der Waals surface area contributed by atoms with E-state index in [1.807, 2.05) is 30.3 Å². The average Bonchev–Trinajstić information content (AvgIpc) is 2.84. The number of hydrogen-bond acceptors (Lipinski definition) is 7. The lowest BCUT2D eigenvalue weighted by molar-refractivity contribution is -0.129. The number of nitrogens with zero attached hydrogens (tertiary/aromatic N) is 4. The highest BCUT2D eigenvalue weighted by atomic mass is 16.5. The van der Waals surface area contributed by atoms with Crippen molar-refractivity contribution in [3.05, 3.63) is 47.7 Å². The maximum absolute atomic E-state index is 11.9. The standard InChI is InChI=1S/C22H27N5O3/c23-14-21(29)27-6-4-17(5-7-27)19-13-20(26-8-10-30-11-9-26)25-22(24-19)18-3-1-2-16(12-18)15-28/h1-4,12-13,28H,5-11,14-15,23H2. The van der Waals surface area contributed by atoms with E-state index in [9.17, 15) is 9.90 Å². The molecule has 1 saturated heterocycles. The van der Waals surface area contributed by atoms with E-state index in [-0.39, 0.29) is 19.1 Å². The average molecular weight is 409 g/mol. The molecule has 2 aliphatic heterocycles. The smallest absolute Gasteiger partial charge is 0.236 e. The molecule has 1 fully saturated rings. The molecule has 0 saturated carbocycles. The molecule has 1 aromatic heterocycles. The van der Waals surface area contributed by atoms with Gasteiger partial charge in [0.05, 0.1) is 32.1 Å². The van der Waals surface area contributed by atoms with Gasteiger partial charge in [-0.1, -0.05) is 24.3 Å². The van der Waals surface area contributed by atoms with Crippen molar-refractivity contribution >= 4 is 17.3 Å². The molecule has 0 spiro atoms. The first-order chi connectivity index (χ1) is 14.7. The minimum absolute atomic E-state index is 0.0278. The van der Waals surface area contributed by atoms with Gasteiger partial charge in [0, 0.05) is 37.8 Å². The van der Waals surface area contributed by atoms with Crippen LogP contribution in [0.5, 0.6) is 0 Å². The van der Waals surface area contributed by atoms with E-state index in [0.717, 1.165) is 47.7 Å². The molecule has 1 amide bonds. The maximum Gasteiger partial charge on any atom is 0.236 e. The van der Waals surface area contributed by atoms with Crippen molar-refractivity contribution in [1.29, 1.82) is 0 Å². The lowest BCUT2D eigenvalue weighted by atomic mass is 10.0. The van der Waals surface area contributed by atoms with Gasteiger partial charge in [-0.25, -0.2) is 9.97 Å². The molecule has 8 nitrogen and oxygen atoms in total. The molecule has 3 N–H and O–H groups in total. The predicted molar refractivity (Wildman–Crippen MR) is 115 cm³/mol. The predicted octanol–water partition coefficient (Wildman–Crippen LogP) is 1.05. The Morgan fingerprint density at radius 2 is 2.00 bits per heavy atom. The first kappa shape index (κ1) is 20.5. The van der Waals surface area contributed by atoms with Crippen molar-refractivity contribution in [2.24, 2.45) is 5.73 Å². The third-order valence-corrected chi connectivity index (χ3v) is 5.48. The number of aliphatic hydroxyl groups excluding tert-OH is 1. The van der Waals surface area contributed by atoms with E-state index in [0.29, 0.717) is 32.1 Å². The third-order valence-electron chi connectivity index (χ3n) is 5.48. The second kappa shape index (κ2) is 9.34. The summed E-state index contributed by atoms with van der Waals surface area (Å²) in [4.78, 5) is 25.5. The molecule has 0 bridgehead atoms. The number of benzene rings is 1. The number of rotatable bonds is 5. The number of carbonyl (C=O) groups excluding carboxylic acids is 1. The number of ether oxygens (including phenoxy) is 1. The zero-order chi connectivity index (χ0) is 20.9. The molecule has 2 aliphatic rings. The molecule has 4 rings (SSSR count). The lowest BCUT2D eigenvalue weighted by Crippen LogP contribution is -2.38. The highest BCUT2D eigenvalue weighted by Crippen LogP contribution is 2.28. The molecular weight excluding hydrogens is 382 g/mol. The van der Waals surface area contributed by atoms with E-state index < -0.39 is 0 Å². The van der Waals surface area contributed by atoms with Gasteiger partial charge < -0.3 is 25.4 Å². The van der Waals surface area contributed by atoms with Crippen molar-refractivity contribution in [3.8, 4) is 11.4 Å². The number of hydrogen-bond donors (Lipinski definition) is 2. The molecule has 1 aromatic carbocycles. The lowest BCUT2D eigenvalue weighted by Gasteiger charge is -2.29. The van der Waals surface area contributed by atoms with Gasteiger partial charge in [-0.05, 0) is 23.6 Å². The second-order valence-electron chi connectivity index (χ2n) is 7.42. The quantitative estimate of drug-likeness (QED) is 0.760. The molecule has 30 heavy (non-hydrogen) atoms. The first-order valence-corrected chi connectivity index (χ1v) is 10.3. The van der Waals surface area contributed by atoms with E-state index in [1.165, 1.54) is 0 Å². The summed E-state index contributed by atoms with van der Waals surface area (Å²) >= 11 is 0. The fourth-order valence-electron chi connectivity index (χ4n) is 3.75. The number of morpholine rings is 1. The fourth-order valence-corrected chi connectivity index (χ4v) is 3.75. The van der Waals surface area contributed by atoms with Crippen LogP contribution in [0.4, 0.5) is 5.82 Å². The Morgan fingerprint density at radius 1 is 1.17 bits per heavy atom. The van der Waals surface area contributed by atoms with Gasteiger partial charge >= 0.3 is 0 Å². The minimum atomic E-state index is -0.0384. The van der Waals surface area contributed by atoms with Gasteiger partial charge in [-0.15, -0.1) is 0 Å². The molecule has 0 unspecified atom stereocenters. The highest BCUT2D eigenvalue weighted by molar-refractivity contribution is 5.80. The number of carbonyl (C=O) groups is 1. The summed E-state index contributed by atoms with van der Waals surface area (Å²) in [5, 5.41) is 9.50. The normalized spacial score (nSPS) is 17.1. The summed E-state index contributed by atoms with van der Waals surface area (Å²) in [7, 11) is 0. The van der Waals surface area contributed by atoms with Crippen LogP contribution < -0.4 is 10.6 Å². The molecule has 8 heteroatoms. The van der Waals surface area contributed by atoms with Gasteiger partial charge in [-0.3, -0.25) is 4.79 Å². The maximum atomic E-state index is 11.9. The zero-order valence-corrected chi connectivity index (χ0v) is 17.0. The molecule has 0 atom stereocenters. The monoisotopic (exact) mass is 409 g/mol. The molecule has 0 radical (unpaired) electrons. The Balaban J connectivity index is 1.70. The van der Waals surface area contributed by atoms with Gasteiger partial charge in [0.25, 0.3) is 0 Å². The Morgan fingerprint density at radius 3 is 2.70 bits per heavy atom. The van der Waals surface area contributed by atoms with Gasteiger partial charge in [0.1, 0.15) is 5.82 Å². The first-order valence-electron chi connectivity index (χ1n) is 10.3. The zero-order valence-electron chi connectivity index (χ0n) is 17.0. The summed E-state index contributed by atoms with van der Waals surface area (Å²) in [6, 6.07) is 9.68. The summed E-state index contributed by atoms with van der Waals surface area (Å²) in [6.45, 7) is 4.09. The van der Waals surface area contributed by atoms with Crippen molar-refractivity contribution in [3.63, 3.8) is 0 Å². The van der Waals surface area contributed by atoms with Crippen LogP contribution in [-0.2, 0) is 16.1 Å². The Bertz CT molecular complexity index is 940. The summed E-state index contributed by atoms with van der Waals surface area (Å²) in [5.41, 5.74) is 9.16. The molecular formula is C22H27N5O3. The molecule has 2 aromatic rings. The van der Waals surface area contributed by atoms with Gasteiger partial charge in [0.2, 0.25) is 5.91 Å². The second-order valence-corrected chi connectivity index (χ2v) is 7.42. The largest absolute Gasteiger partial charge is 0.392 e. The summed E-state index contributed by atoms with van der Waals surface area (Å²) < 4.78 is 5.49. The van der Waals surface area contributed by atoms with Crippen LogP contribution in [0.2, 0.25) is 0 Å². The van der Waals surface area contributed by atoms with Crippen LogP contribution in [0.15, 0.2) is 36.4 Å². The van der Waals surface area contributed by atoms with Gasteiger partial charge in [0.15, 0.2) is 5.82 Å². The van der Waals surface area contributed by atoms with Crippen LogP contribution in [0.3, 0.4) is 0 Å². The topological polar surface area (TPSA) is 105 Å². The van der Waals surface area contributed by atoms with E-state index in [2.05, 4.69) is 11.0 Å². The fraction of sp³-hybridized carbons (Fsp3) is 0.409. The van der Waals surface area contributed by atoms with Crippen molar-refractivity contribution in [2.75, 3.05) is 50.8 Å². The van der Waals surface area contributed by atoms with E-state index in [1.54, 1.807) is 4.90 Å². The van der Waals surface area contributed by atoms with Crippen molar-refractivity contribution in [2.45, 2.75) is 13.0 Å². The minimum Gasteiger partial charge on any atom is -0.392 e. The van der Waals surface area contributed by atoms with Crippen LogP contribution in [-0.4, -0.2) is 71.8 Å². The summed E-state index contributed by atoms with van der Waals surface area (Å²) in [6.07, 6.45) is 2.78. The highest BCUT2D eigenvalue weighted by Gasteiger charge is 2.21. The van der Waals surface area contributed by atoms with Crippen molar-refractivity contribution in [1.82, 2.24) is 14.9 Å².